The third-order valence-electron chi connectivity index (χ3n) is 3.28. The van der Waals surface area contributed by atoms with Crippen LogP contribution in [-0.2, 0) is 0 Å². The van der Waals surface area contributed by atoms with Crippen molar-refractivity contribution < 1.29 is 4.79 Å². The van der Waals surface area contributed by atoms with Crippen molar-refractivity contribution >= 4 is 6.03 Å². The number of rotatable bonds is 4. The predicted molar refractivity (Wildman–Crippen MR) is 66.3 cm³/mol. The highest BCUT2D eigenvalue weighted by atomic mass is 16.2. The van der Waals surface area contributed by atoms with E-state index in [0.29, 0.717) is 6.54 Å². The molecular formula is C12H25N3O. The van der Waals surface area contributed by atoms with Crippen LogP contribution in [0.15, 0.2) is 0 Å². The van der Waals surface area contributed by atoms with Crippen molar-refractivity contribution in [2.45, 2.75) is 45.6 Å². The molecule has 1 aliphatic heterocycles. The number of urea groups is 1. The molecule has 0 radical (unpaired) electrons. The first kappa shape index (κ1) is 13.3. The van der Waals surface area contributed by atoms with E-state index in [-0.39, 0.29) is 12.1 Å². The molecule has 1 unspecified atom stereocenters. The van der Waals surface area contributed by atoms with Crippen LogP contribution in [0.4, 0.5) is 4.79 Å². The summed E-state index contributed by atoms with van der Waals surface area (Å²) < 4.78 is 0. The SMILES string of the molecule is CC1CCN(C(=O)NC(C)CCCN)CC1. The van der Waals surface area contributed by atoms with Crippen molar-refractivity contribution in [3.63, 3.8) is 0 Å². The van der Waals surface area contributed by atoms with Crippen LogP contribution in [0.3, 0.4) is 0 Å². The fourth-order valence-electron chi connectivity index (χ4n) is 2.01. The second-order valence-electron chi connectivity index (χ2n) is 4.95. The Morgan fingerprint density at radius 2 is 2.12 bits per heavy atom. The molecule has 0 bridgehead atoms. The Morgan fingerprint density at radius 1 is 1.50 bits per heavy atom. The number of piperidine rings is 1. The van der Waals surface area contributed by atoms with Crippen molar-refractivity contribution in [1.82, 2.24) is 10.2 Å². The van der Waals surface area contributed by atoms with Gasteiger partial charge in [0, 0.05) is 19.1 Å². The molecule has 2 amide bonds. The van der Waals surface area contributed by atoms with Gasteiger partial charge >= 0.3 is 6.03 Å². The van der Waals surface area contributed by atoms with Gasteiger partial charge in [-0.05, 0) is 45.1 Å². The summed E-state index contributed by atoms with van der Waals surface area (Å²) in [7, 11) is 0. The molecular weight excluding hydrogens is 202 g/mol. The van der Waals surface area contributed by atoms with E-state index in [2.05, 4.69) is 12.2 Å². The maximum Gasteiger partial charge on any atom is 0.317 e. The van der Waals surface area contributed by atoms with E-state index >= 15 is 0 Å². The molecule has 0 aromatic rings. The van der Waals surface area contributed by atoms with E-state index in [9.17, 15) is 4.79 Å². The van der Waals surface area contributed by atoms with Crippen LogP contribution in [0, 0.1) is 5.92 Å². The molecule has 4 heteroatoms. The van der Waals surface area contributed by atoms with Gasteiger partial charge in [0.2, 0.25) is 0 Å². The van der Waals surface area contributed by atoms with Gasteiger partial charge in [0.1, 0.15) is 0 Å². The number of nitrogens with one attached hydrogen (secondary N) is 1. The van der Waals surface area contributed by atoms with Crippen LogP contribution in [0.2, 0.25) is 0 Å². The summed E-state index contributed by atoms with van der Waals surface area (Å²) in [5, 5.41) is 3.03. The monoisotopic (exact) mass is 227 g/mol. The minimum Gasteiger partial charge on any atom is -0.336 e. The second-order valence-corrected chi connectivity index (χ2v) is 4.95. The van der Waals surface area contributed by atoms with Gasteiger partial charge in [-0.25, -0.2) is 4.79 Å². The van der Waals surface area contributed by atoms with Crippen LogP contribution in [0.1, 0.15) is 39.5 Å². The molecule has 1 fully saturated rings. The predicted octanol–water partition coefficient (Wildman–Crippen LogP) is 1.56. The van der Waals surface area contributed by atoms with Crippen LogP contribution < -0.4 is 11.1 Å². The third-order valence-corrected chi connectivity index (χ3v) is 3.28. The van der Waals surface area contributed by atoms with Crippen LogP contribution in [0.5, 0.6) is 0 Å². The normalized spacial score (nSPS) is 19.6. The summed E-state index contributed by atoms with van der Waals surface area (Å²) in [4.78, 5) is 13.8. The van der Waals surface area contributed by atoms with E-state index in [1.54, 1.807) is 0 Å². The molecule has 1 heterocycles. The molecule has 4 nitrogen and oxygen atoms in total. The topological polar surface area (TPSA) is 58.4 Å². The first-order valence-corrected chi connectivity index (χ1v) is 6.39. The van der Waals surface area contributed by atoms with E-state index in [1.807, 2.05) is 11.8 Å². The highest BCUT2D eigenvalue weighted by Crippen LogP contribution is 2.15. The number of hydrogen-bond donors (Lipinski definition) is 2. The number of nitrogens with two attached hydrogens (primary N) is 1. The molecule has 1 atom stereocenters. The fourth-order valence-corrected chi connectivity index (χ4v) is 2.01. The van der Waals surface area contributed by atoms with E-state index in [1.165, 1.54) is 0 Å². The first-order chi connectivity index (χ1) is 7.63. The smallest absolute Gasteiger partial charge is 0.317 e. The summed E-state index contributed by atoms with van der Waals surface area (Å²) in [6.07, 6.45) is 4.19. The molecule has 0 saturated carbocycles. The van der Waals surface area contributed by atoms with Crippen molar-refractivity contribution in [2.24, 2.45) is 11.7 Å². The Hall–Kier alpha value is -0.770. The number of likely N-dealkylation sites (tertiary alicyclic amines) is 1. The number of carbonyl (C=O) groups is 1. The van der Waals surface area contributed by atoms with Crippen molar-refractivity contribution in [2.75, 3.05) is 19.6 Å². The molecule has 1 saturated heterocycles. The van der Waals surface area contributed by atoms with Crippen LogP contribution >= 0.6 is 0 Å². The fraction of sp³-hybridized carbons (Fsp3) is 0.917. The lowest BCUT2D eigenvalue weighted by atomic mass is 10.00. The molecule has 94 valence electrons. The Kier molecular flexibility index (Phi) is 5.60. The van der Waals surface area contributed by atoms with Gasteiger partial charge in [0.25, 0.3) is 0 Å². The van der Waals surface area contributed by atoms with Crippen LogP contribution in [-0.4, -0.2) is 36.6 Å². The number of nitrogens with zero attached hydrogens (tertiary/aromatic N) is 1. The van der Waals surface area contributed by atoms with Gasteiger partial charge in [0.15, 0.2) is 0 Å². The zero-order valence-corrected chi connectivity index (χ0v) is 10.5. The average molecular weight is 227 g/mol. The largest absolute Gasteiger partial charge is 0.336 e. The van der Waals surface area contributed by atoms with Crippen molar-refractivity contribution in [1.29, 1.82) is 0 Å². The number of amides is 2. The van der Waals surface area contributed by atoms with Gasteiger partial charge in [-0.3, -0.25) is 0 Å². The minimum absolute atomic E-state index is 0.0939. The highest BCUT2D eigenvalue weighted by Gasteiger charge is 2.20. The molecule has 1 rings (SSSR count). The molecule has 16 heavy (non-hydrogen) atoms. The molecule has 0 aromatic carbocycles. The number of carbonyl (C=O) groups excluding carboxylic acids is 1. The maximum absolute atomic E-state index is 11.9. The first-order valence-electron chi connectivity index (χ1n) is 6.39. The lowest BCUT2D eigenvalue weighted by Gasteiger charge is -2.31. The summed E-state index contributed by atoms with van der Waals surface area (Å²) in [6, 6.07) is 0.326. The van der Waals surface area contributed by atoms with Gasteiger partial charge in [-0.1, -0.05) is 6.92 Å². The van der Waals surface area contributed by atoms with Crippen molar-refractivity contribution in [3.8, 4) is 0 Å². The lowest BCUT2D eigenvalue weighted by Crippen LogP contribution is -2.47. The Bertz CT molecular complexity index is 212. The second kappa shape index (κ2) is 6.74. The summed E-state index contributed by atoms with van der Waals surface area (Å²) in [5.74, 6) is 0.763. The van der Waals surface area contributed by atoms with E-state index in [0.717, 1.165) is 44.7 Å². The zero-order chi connectivity index (χ0) is 12.0. The van der Waals surface area contributed by atoms with Gasteiger partial charge in [-0.2, -0.15) is 0 Å². The van der Waals surface area contributed by atoms with Gasteiger partial charge in [-0.15, -0.1) is 0 Å². The van der Waals surface area contributed by atoms with Gasteiger partial charge < -0.3 is 16.0 Å². The molecule has 0 aliphatic carbocycles. The zero-order valence-electron chi connectivity index (χ0n) is 10.5. The van der Waals surface area contributed by atoms with E-state index in [4.69, 9.17) is 5.73 Å². The van der Waals surface area contributed by atoms with Crippen molar-refractivity contribution in [3.05, 3.63) is 0 Å². The number of hydrogen-bond acceptors (Lipinski definition) is 2. The van der Waals surface area contributed by atoms with Gasteiger partial charge in [0.05, 0.1) is 0 Å². The summed E-state index contributed by atoms with van der Waals surface area (Å²) >= 11 is 0. The Balaban J connectivity index is 2.23. The Labute approximate surface area is 98.6 Å². The van der Waals surface area contributed by atoms with E-state index < -0.39 is 0 Å². The summed E-state index contributed by atoms with van der Waals surface area (Å²) in [6.45, 7) is 6.79. The molecule has 1 aliphatic rings. The minimum atomic E-state index is 0.0939. The maximum atomic E-state index is 11.9. The van der Waals surface area contributed by atoms with Crippen LogP contribution in [0.25, 0.3) is 0 Å². The average Bonchev–Trinajstić information content (AvgIpc) is 2.27. The molecule has 0 aromatic heterocycles. The third kappa shape index (κ3) is 4.39. The lowest BCUT2D eigenvalue weighted by molar-refractivity contribution is 0.170. The standard InChI is InChI=1S/C12H25N3O/c1-10-5-8-15(9-6-10)12(16)14-11(2)4-3-7-13/h10-11H,3-9,13H2,1-2H3,(H,14,16). The molecule has 0 spiro atoms. The summed E-state index contributed by atoms with van der Waals surface area (Å²) in [5.41, 5.74) is 5.44. The highest BCUT2D eigenvalue weighted by molar-refractivity contribution is 5.74. The Morgan fingerprint density at radius 3 is 2.69 bits per heavy atom. The quantitative estimate of drug-likeness (QED) is 0.765. The molecule has 3 N–H and O–H groups in total.